The molecule has 6 aromatic rings. The average Bonchev–Trinajstić information content (AvgIpc) is 3.74. The molecule has 0 spiro atoms. The summed E-state index contributed by atoms with van der Waals surface area (Å²) in [5.74, 6) is -0.370. The summed E-state index contributed by atoms with van der Waals surface area (Å²) in [4.78, 5) is 48.4. The molecule has 3 N–H and O–H groups in total. The van der Waals surface area contributed by atoms with Crippen LogP contribution in [0.2, 0.25) is 0 Å². The maximum atomic E-state index is 12.7. The first-order valence-electron chi connectivity index (χ1n) is 20.8. The zero-order valence-electron chi connectivity index (χ0n) is 38.8. The Morgan fingerprint density at radius 2 is 1.23 bits per heavy atom. The van der Waals surface area contributed by atoms with Crippen molar-refractivity contribution >= 4 is 100 Å². The molecule has 73 heavy (non-hydrogen) atoms. The SMILES string of the molecule is C=C(CC(=O)Nc1ccc(-c2c(N=Nc3cc(COC=O)cc(COC=O)c3)sc(N=Nc3c(Nc4ccc(S(=O)(=O)OC)cc4)nc(Nc4ccc(S(=O)(=O)OC)cc4)c(C#N)c3C)c2C#N)cc1)OOC. The molecule has 0 bridgehead atoms. The van der Waals surface area contributed by atoms with E-state index in [1.165, 1.54) is 55.6 Å². The van der Waals surface area contributed by atoms with Crippen molar-refractivity contribution in [3.8, 4) is 23.3 Å². The number of thiophene rings is 1. The van der Waals surface area contributed by atoms with Crippen LogP contribution in [-0.4, -0.2) is 62.0 Å². The van der Waals surface area contributed by atoms with Gasteiger partial charge in [-0.2, -0.15) is 32.2 Å². The van der Waals surface area contributed by atoms with Crippen LogP contribution in [0.3, 0.4) is 0 Å². The van der Waals surface area contributed by atoms with Gasteiger partial charge in [-0.3, -0.25) is 22.7 Å². The van der Waals surface area contributed by atoms with Crippen LogP contribution in [0.25, 0.3) is 11.1 Å². The second-order valence-corrected chi connectivity index (χ2v) is 19.1. The largest absolute Gasteiger partial charge is 0.463 e. The summed E-state index contributed by atoms with van der Waals surface area (Å²) in [7, 11) is -4.73. The smallest absolute Gasteiger partial charge is 0.296 e. The molecular formula is C47H40N10O13S3. The molecule has 4 aromatic carbocycles. The van der Waals surface area contributed by atoms with Gasteiger partial charge in [0.25, 0.3) is 33.2 Å². The third kappa shape index (κ3) is 13.6. The lowest BCUT2D eigenvalue weighted by Gasteiger charge is -2.16. The molecule has 0 fully saturated rings. The number of amides is 1. The van der Waals surface area contributed by atoms with E-state index in [0.29, 0.717) is 33.8 Å². The fourth-order valence-electron chi connectivity index (χ4n) is 6.60. The number of nitrogens with one attached hydrogen (secondary N) is 3. The second-order valence-electron chi connectivity index (χ2n) is 14.7. The van der Waals surface area contributed by atoms with Crippen molar-refractivity contribution < 1.29 is 58.8 Å². The van der Waals surface area contributed by atoms with Crippen molar-refractivity contribution in [1.82, 2.24) is 4.98 Å². The number of anilines is 5. The Morgan fingerprint density at radius 1 is 0.712 bits per heavy atom. The Labute approximate surface area is 421 Å². The highest BCUT2D eigenvalue weighted by Gasteiger charge is 2.24. The highest BCUT2D eigenvalue weighted by molar-refractivity contribution is 7.87. The number of aromatic nitrogens is 1. The van der Waals surface area contributed by atoms with Crippen molar-refractivity contribution in [3.05, 3.63) is 131 Å². The molecule has 0 atom stereocenters. The number of benzene rings is 4. The summed E-state index contributed by atoms with van der Waals surface area (Å²) in [6.07, 6.45) is -0.202. The van der Waals surface area contributed by atoms with Gasteiger partial charge in [0.1, 0.15) is 47.4 Å². The van der Waals surface area contributed by atoms with E-state index in [0.717, 1.165) is 25.6 Å². The van der Waals surface area contributed by atoms with Crippen molar-refractivity contribution in [2.45, 2.75) is 36.3 Å². The van der Waals surface area contributed by atoms with Crippen LogP contribution < -0.4 is 16.0 Å². The molecule has 0 aliphatic rings. The zero-order chi connectivity index (χ0) is 52.7. The third-order valence-corrected chi connectivity index (χ3v) is 13.5. The summed E-state index contributed by atoms with van der Waals surface area (Å²) >= 11 is 0.918. The van der Waals surface area contributed by atoms with Crippen LogP contribution >= 0.6 is 11.3 Å². The van der Waals surface area contributed by atoms with Gasteiger partial charge in [0.2, 0.25) is 5.91 Å². The summed E-state index contributed by atoms with van der Waals surface area (Å²) < 4.78 is 68.4. The molecule has 6 rings (SSSR count). The van der Waals surface area contributed by atoms with E-state index >= 15 is 0 Å². The Hall–Kier alpha value is -8.76. The Morgan fingerprint density at radius 3 is 1.74 bits per heavy atom. The monoisotopic (exact) mass is 1050 g/mol. The number of rotatable bonds is 24. The molecule has 0 saturated carbocycles. The molecule has 374 valence electrons. The standard InChI is InChI=1S/C47H40N10O13S3/c1-28(70-65-3)18-41(60)50-33-8-6-32(7-9-33)42-40(23-49)46(71-47(42)57-54-36-20-30(24-68-26-58)19-31(21-36)25-69-27-59)56-55-43-29(2)39(22-48)44(51-34-10-14-37(15-11-34)72(61,62)66-4)53-45(43)52-35-12-16-38(17-13-35)73(63,64)67-5/h6-17,19-21,26-27H,1,18,24-25H2,2-5H3,(H,50,60)(H2,51,52,53). The maximum absolute atomic E-state index is 12.7. The van der Waals surface area contributed by atoms with Gasteiger partial charge in [0.05, 0.1) is 48.8 Å². The molecule has 2 heterocycles. The van der Waals surface area contributed by atoms with Crippen molar-refractivity contribution in [2.24, 2.45) is 20.5 Å². The number of pyridine rings is 1. The summed E-state index contributed by atoms with van der Waals surface area (Å²) in [5.41, 5.74) is 3.24. The van der Waals surface area contributed by atoms with Gasteiger partial charge >= 0.3 is 0 Å². The lowest BCUT2D eigenvalue weighted by Crippen LogP contribution is -2.12. The first-order valence-corrected chi connectivity index (χ1v) is 24.4. The topological polar surface area (TPSA) is 321 Å². The molecule has 0 aliphatic heterocycles. The zero-order valence-corrected chi connectivity index (χ0v) is 41.3. The van der Waals surface area contributed by atoms with E-state index < -0.39 is 26.1 Å². The molecule has 26 heteroatoms. The van der Waals surface area contributed by atoms with Gasteiger partial charge in [-0.1, -0.05) is 30.0 Å². The summed E-state index contributed by atoms with van der Waals surface area (Å²) in [5, 5.41) is 48.3. The van der Waals surface area contributed by atoms with Crippen LogP contribution in [0.4, 0.5) is 50.1 Å². The van der Waals surface area contributed by atoms with Crippen molar-refractivity contribution in [3.63, 3.8) is 0 Å². The number of ether oxygens (including phenoxy) is 2. The van der Waals surface area contributed by atoms with Crippen LogP contribution in [0, 0.1) is 29.6 Å². The lowest BCUT2D eigenvalue weighted by atomic mass is 10.0. The van der Waals surface area contributed by atoms with Crippen LogP contribution in [0.5, 0.6) is 0 Å². The number of nitriles is 2. The number of hydrogen-bond acceptors (Lipinski definition) is 23. The lowest BCUT2D eigenvalue weighted by molar-refractivity contribution is -0.238. The number of hydrogen-bond donors (Lipinski definition) is 3. The summed E-state index contributed by atoms with van der Waals surface area (Å²) in [6.45, 7) is 5.48. The number of nitrogens with zero attached hydrogens (tertiary/aromatic N) is 7. The van der Waals surface area contributed by atoms with E-state index in [9.17, 15) is 41.7 Å². The maximum Gasteiger partial charge on any atom is 0.296 e. The van der Waals surface area contributed by atoms with Gasteiger partial charge in [0, 0.05) is 28.2 Å². The van der Waals surface area contributed by atoms with Crippen LogP contribution in [-0.2, 0) is 75.4 Å². The molecule has 0 radical (unpaired) electrons. The molecule has 0 unspecified atom stereocenters. The van der Waals surface area contributed by atoms with Gasteiger partial charge < -0.3 is 30.3 Å². The van der Waals surface area contributed by atoms with Gasteiger partial charge in [0.15, 0.2) is 16.6 Å². The summed E-state index contributed by atoms with van der Waals surface area (Å²) in [6, 6.07) is 26.5. The number of carbonyl (C=O) groups excluding carboxylic acids is 3. The van der Waals surface area contributed by atoms with Gasteiger partial charge in [-0.25, -0.2) is 4.98 Å². The van der Waals surface area contributed by atoms with Crippen molar-refractivity contribution in [2.75, 3.05) is 37.3 Å². The highest BCUT2D eigenvalue weighted by Crippen LogP contribution is 2.49. The molecule has 0 saturated heterocycles. The number of azo groups is 2. The van der Waals surface area contributed by atoms with Crippen molar-refractivity contribution in [1.29, 1.82) is 10.5 Å². The molecule has 2 aromatic heterocycles. The normalized spacial score (nSPS) is 11.4. The number of carbonyl (C=O) groups is 3. The van der Waals surface area contributed by atoms with E-state index in [4.69, 9.17) is 14.4 Å². The highest BCUT2D eigenvalue weighted by atomic mass is 32.2. The molecular weight excluding hydrogens is 1010 g/mol. The van der Waals surface area contributed by atoms with E-state index in [1.54, 1.807) is 49.4 Å². The Bertz CT molecular complexity index is 3400. The first kappa shape index (κ1) is 53.6. The molecule has 0 aliphatic carbocycles. The minimum atomic E-state index is -4.05. The van der Waals surface area contributed by atoms with E-state index in [2.05, 4.69) is 73.4 Å². The molecule has 1 amide bonds. The minimum absolute atomic E-state index is 0.00155. The van der Waals surface area contributed by atoms with Crippen LogP contribution in [0.15, 0.2) is 134 Å². The fraction of sp³-hybridized carbons (Fsp3) is 0.149. The van der Waals surface area contributed by atoms with Crippen LogP contribution in [0.1, 0.15) is 34.2 Å². The Kier molecular flexibility index (Phi) is 17.9. The Balaban J connectivity index is 1.48. The minimum Gasteiger partial charge on any atom is -0.463 e. The predicted molar refractivity (Wildman–Crippen MR) is 263 cm³/mol. The van der Waals surface area contributed by atoms with E-state index in [1.807, 2.05) is 0 Å². The molecule has 23 nitrogen and oxygen atoms in total. The fourth-order valence-corrected chi connectivity index (χ4v) is 8.85. The third-order valence-electron chi connectivity index (χ3n) is 9.95. The van der Waals surface area contributed by atoms with Gasteiger partial charge in [-0.15, -0.1) is 20.5 Å². The quantitative estimate of drug-likeness (QED) is 0.0127. The van der Waals surface area contributed by atoms with E-state index in [-0.39, 0.29) is 103 Å². The predicted octanol–water partition coefficient (Wildman–Crippen LogP) is 9.62. The second kappa shape index (κ2) is 24.4. The first-order chi connectivity index (χ1) is 35.1. The van der Waals surface area contributed by atoms with Gasteiger partial charge in [-0.05, 0) is 102 Å². The average molecular weight is 1050 g/mol.